The Labute approximate surface area is 138 Å². The molecule has 23 heavy (non-hydrogen) atoms. The fraction of sp³-hybridized carbons (Fsp3) is 0.588. The van der Waals surface area contributed by atoms with Crippen LogP contribution in [0, 0.1) is 11.8 Å². The summed E-state index contributed by atoms with van der Waals surface area (Å²) in [6.07, 6.45) is 4.47. The quantitative estimate of drug-likeness (QED) is 0.862. The summed E-state index contributed by atoms with van der Waals surface area (Å²) in [5.41, 5.74) is 0.928. The first-order chi connectivity index (χ1) is 10.8. The van der Waals surface area contributed by atoms with Crippen LogP contribution >= 0.6 is 0 Å². The van der Waals surface area contributed by atoms with Crippen LogP contribution in [0.25, 0.3) is 0 Å². The van der Waals surface area contributed by atoms with Gasteiger partial charge in [0.15, 0.2) is 0 Å². The molecule has 0 unspecified atom stereocenters. The van der Waals surface area contributed by atoms with Crippen molar-refractivity contribution in [2.75, 3.05) is 0 Å². The molecule has 1 aromatic carbocycles. The van der Waals surface area contributed by atoms with Crippen molar-refractivity contribution in [3.63, 3.8) is 0 Å². The third-order valence-corrected chi connectivity index (χ3v) is 5.88. The van der Waals surface area contributed by atoms with E-state index in [1.165, 1.54) is 25.0 Å². The fourth-order valence-electron chi connectivity index (χ4n) is 3.17. The molecule has 1 saturated carbocycles. The zero-order valence-electron chi connectivity index (χ0n) is 13.8. The van der Waals surface area contributed by atoms with Gasteiger partial charge in [-0.3, -0.25) is 4.79 Å². The lowest BCUT2D eigenvalue weighted by atomic mass is 9.78. The molecule has 1 aromatic rings. The summed E-state index contributed by atoms with van der Waals surface area (Å²) in [6.45, 7) is 4.46. The number of nitrogens with two attached hydrogens (primary N) is 1. The molecule has 1 fully saturated rings. The lowest BCUT2D eigenvalue weighted by Gasteiger charge is -2.34. The predicted molar refractivity (Wildman–Crippen MR) is 90.2 cm³/mol. The molecule has 0 aliphatic heterocycles. The van der Waals surface area contributed by atoms with Crippen LogP contribution in [-0.2, 0) is 21.2 Å². The normalized spacial score (nSPS) is 25.1. The highest BCUT2D eigenvalue weighted by Crippen LogP contribution is 2.29. The smallest absolute Gasteiger partial charge is 0.238 e. The number of rotatable bonds is 5. The largest absolute Gasteiger partial charge is 0.353 e. The summed E-state index contributed by atoms with van der Waals surface area (Å²) in [4.78, 5) is 12.2. The van der Waals surface area contributed by atoms with Gasteiger partial charge in [0, 0.05) is 12.5 Å². The van der Waals surface area contributed by atoms with E-state index in [4.69, 9.17) is 5.14 Å². The Bertz CT molecular complexity index is 640. The molecule has 3 N–H and O–H groups in total. The number of hydrogen-bond donors (Lipinski definition) is 2. The van der Waals surface area contributed by atoms with Gasteiger partial charge in [0.05, 0.1) is 4.90 Å². The second kappa shape index (κ2) is 7.45. The number of hydrogen-bond acceptors (Lipinski definition) is 3. The van der Waals surface area contributed by atoms with E-state index in [0.717, 1.165) is 12.0 Å². The van der Waals surface area contributed by atoms with E-state index in [2.05, 4.69) is 19.2 Å². The van der Waals surface area contributed by atoms with Gasteiger partial charge in [0.2, 0.25) is 15.9 Å². The average molecular weight is 338 g/mol. The van der Waals surface area contributed by atoms with Gasteiger partial charge < -0.3 is 5.32 Å². The molecule has 0 spiro atoms. The molecule has 2 rings (SSSR count). The topological polar surface area (TPSA) is 89.3 Å². The van der Waals surface area contributed by atoms with Crippen molar-refractivity contribution in [1.29, 1.82) is 0 Å². The molecule has 6 heteroatoms. The molecule has 1 aliphatic rings. The van der Waals surface area contributed by atoms with Crippen molar-refractivity contribution >= 4 is 15.9 Å². The Balaban J connectivity index is 1.84. The van der Waals surface area contributed by atoms with E-state index in [1.807, 2.05) is 0 Å². The van der Waals surface area contributed by atoms with Crippen LogP contribution in [-0.4, -0.2) is 20.4 Å². The highest BCUT2D eigenvalue weighted by molar-refractivity contribution is 7.89. The molecular weight excluding hydrogens is 312 g/mol. The highest BCUT2D eigenvalue weighted by Gasteiger charge is 2.27. The van der Waals surface area contributed by atoms with Gasteiger partial charge >= 0.3 is 0 Å². The average Bonchev–Trinajstić information content (AvgIpc) is 2.49. The minimum Gasteiger partial charge on any atom is -0.353 e. The first-order valence-corrected chi connectivity index (χ1v) is 9.73. The summed E-state index contributed by atoms with van der Waals surface area (Å²) >= 11 is 0. The number of primary sulfonamides is 1. The van der Waals surface area contributed by atoms with Gasteiger partial charge in [-0.15, -0.1) is 0 Å². The maximum absolute atomic E-state index is 12.1. The molecule has 0 heterocycles. The number of sulfonamides is 1. The van der Waals surface area contributed by atoms with Gasteiger partial charge in [-0.25, -0.2) is 13.6 Å². The van der Waals surface area contributed by atoms with Crippen LogP contribution in [0.5, 0.6) is 0 Å². The number of amides is 1. The Hall–Kier alpha value is -1.40. The van der Waals surface area contributed by atoms with Crippen molar-refractivity contribution in [2.24, 2.45) is 17.0 Å². The highest BCUT2D eigenvalue weighted by atomic mass is 32.2. The van der Waals surface area contributed by atoms with Crippen LogP contribution < -0.4 is 10.5 Å². The van der Waals surface area contributed by atoms with E-state index >= 15 is 0 Å². The van der Waals surface area contributed by atoms with Gasteiger partial charge in [0.1, 0.15) is 0 Å². The van der Waals surface area contributed by atoms with E-state index in [0.29, 0.717) is 24.7 Å². The number of carbonyl (C=O) groups excluding carboxylic acids is 1. The first-order valence-electron chi connectivity index (χ1n) is 8.18. The van der Waals surface area contributed by atoms with Crippen LogP contribution in [0.2, 0.25) is 0 Å². The van der Waals surface area contributed by atoms with Crippen molar-refractivity contribution in [3.05, 3.63) is 29.8 Å². The monoisotopic (exact) mass is 338 g/mol. The zero-order valence-corrected chi connectivity index (χ0v) is 14.6. The number of carbonyl (C=O) groups is 1. The Morgan fingerprint density at radius 1 is 1.22 bits per heavy atom. The van der Waals surface area contributed by atoms with Gasteiger partial charge in [-0.05, 0) is 42.4 Å². The lowest BCUT2D eigenvalue weighted by Crippen LogP contribution is -2.43. The molecular formula is C17H26N2O3S. The van der Waals surface area contributed by atoms with Gasteiger partial charge in [-0.1, -0.05) is 38.8 Å². The van der Waals surface area contributed by atoms with Crippen LogP contribution in [0.3, 0.4) is 0 Å². The standard InChI is InChI=1S/C17H26N2O3S/c1-12-4-3-5-16(13(12)2)19-17(20)11-8-14-6-9-15(10-7-14)23(18,21)22/h6-7,9-10,12-13,16H,3-5,8,11H2,1-2H3,(H,19,20)(H2,18,21,22)/t12-,13+,16+/m1/s1. The minimum atomic E-state index is -3.66. The lowest BCUT2D eigenvalue weighted by molar-refractivity contribution is -0.122. The predicted octanol–water partition coefficient (Wildman–Crippen LogP) is 2.21. The second-order valence-corrected chi connectivity index (χ2v) is 8.19. The summed E-state index contributed by atoms with van der Waals surface area (Å²) in [7, 11) is -3.66. The molecule has 0 aromatic heterocycles. The number of benzene rings is 1. The third kappa shape index (κ3) is 5.04. The van der Waals surface area contributed by atoms with Gasteiger partial charge in [0.25, 0.3) is 0 Å². The SMILES string of the molecule is C[C@H]1[C@H](C)CCC[C@@H]1NC(=O)CCc1ccc(S(N)(=O)=O)cc1. The molecule has 0 radical (unpaired) electrons. The Morgan fingerprint density at radius 2 is 1.87 bits per heavy atom. The maximum atomic E-state index is 12.1. The van der Waals surface area contributed by atoms with E-state index in [-0.39, 0.29) is 16.8 Å². The maximum Gasteiger partial charge on any atom is 0.238 e. The summed E-state index contributed by atoms with van der Waals surface area (Å²) in [5, 5.41) is 8.22. The minimum absolute atomic E-state index is 0.0615. The number of nitrogens with one attached hydrogen (secondary N) is 1. The van der Waals surface area contributed by atoms with Crippen LogP contribution in [0.1, 0.15) is 45.1 Å². The molecule has 0 saturated heterocycles. The molecule has 128 valence electrons. The molecule has 1 amide bonds. The van der Waals surface area contributed by atoms with E-state index < -0.39 is 10.0 Å². The second-order valence-electron chi connectivity index (χ2n) is 6.63. The molecule has 3 atom stereocenters. The van der Waals surface area contributed by atoms with E-state index in [1.54, 1.807) is 12.1 Å². The Morgan fingerprint density at radius 3 is 2.48 bits per heavy atom. The fourth-order valence-corrected chi connectivity index (χ4v) is 3.68. The van der Waals surface area contributed by atoms with Crippen molar-refractivity contribution in [1.82, 2.24) is 5.32 Å². The van der Waals surface area contributed by atoms with E-state index in [9.17, 15) is 13.2 Å². The Kier molecular flexibility index (Phi) is 5.81. The van der Waals surface area contributed by atoms with Crippen molar-refractivity contribution in [3.8, 4) is 0 Å². The summed E-state index contributed by atoms with van der Waals surface area (Å²) in [5.74, 6) is 1.23. The number of aryl methyl sites for hydroxylation is 1. The summed E-state index contributed by atoms with van der Waals surface area (Å²) < 4.78 is 22.4. The third-order valence-electron chi connectivity index (χ3n) is 4.95. The van der Waals surface area contributed by atoms with Gasteiger partial charge in [-0.2, -0.15) is 0 Å². The summed E-state index contributed by atoms with van der Waals surface area (Å²) in [6, 6.07) is 6.65. The molecule has 1 aliphatic carbocycles. The van der Waals surface area contributed by atoms with Crippen LogP contribution in [0.4, 0.5) is 0 Å². The zero-order chi connectivity index (χ0) is 17.0. The van der Waals surface area contributed by atoms with Crippen LogP contribution in [0.15, 0.2) is 29.2 Å². The first kappa shape index (κ1) is 17.9. The molecule has 5 nitrogen and oxygen atoms in total. The molecule has 0 bridgehead atoms. The van der Waals surface area contributed by atoms with Crippen molar-refractivity contribution in [2.45, 2.75) is 56.9 Å². The van der Waals surface area contributed by atoms with Crippen molar-refractivity contribution < 1.29 is 13.2 Å².